The summed E-state index contributed by atoms with van der Waals surface area (Å²) in [5, 5.41) is 3.58. The summed E-state index contributed by atoms with van der Waals surface area (Å²) in [5.41, 5.74) is 0. The van der Waals surface area contributed by atoms with E-state index < -0.39 is 0 Å². The van der Waals surface area contributed by atoms with Gasteiger partial charge in [0.2, 0.25) is 17.2 Å². The first-order valence-electron chi connectivity index (χ1n) is 7.37. The van der Waals surface area contributed by atoms with Gasteiger partial charge < -0.3 is 10.2 Å². The van der Waals surface area contributed by atoms with Gasteiger partial charge in [0.25, 0.3) is 0 Å². The second-order valence-corrected chi connectivity index (χ2v) is 5.53. The number of rotatable bonds is 7. The van der Waals surface area contributed by atoms with Gasteiger partial charge in [-0.2, -0.15) is 15.0 Å². The van der Waals surface area contributed by atoms with Crippen LogP contribution in [-0.4, -0.2) is 34.1 Å². The van der Waals surface area contributed by atoms with Gasteiger partial charge in [-0.05, 0) is 24.4 Å². The molecule has 1 aromatic heterocycles. The van der Waals surface area contributed by atoms with Crippen LogP contribution in [-0.2, 0) is 0 Å². The molecule has 1 saturated carbocycles. The van der Waals surface area contributed by atoms with Crippen LogP contribution in [0, 0.1) is 0 Å². The van der Waals surface area contributed by atoms with Crippen LogP contribution in [0.2, 0.25) is 5.28 Å². The van der Waals surface area contributed by atoms with Gasteiger partial charge in [0, 0.05) is 19.1 Å². The Morgan fingerprint density at radius 2 is 1.76 bits per heavy atom. The zero-order chi connectivity index (χ0) is 15.1. The Bertz CT molecular complexity index is 475. The molecular weight excluding hydrogens is 286 g/mol. The molecule has 0 saturated heterocycles. The molecule has 0 atom stereocenters. The van der Waals surface area contributed by atoms with Crippen LogP contribution in [0.5, 0.6) is 0 Å². The Morgan fingerprint density at radius 3 is 2.38 bits per heavy atom. The van der Waals surface area contributed by atoms with Crippen molar-refractivity contribution in [1.29, 1.82) is 0 Å². The van der Waals surface area contributed by atoms with Crippen molar-refractivity contribution < 1.29 is 0 Å². The number of nitrogens with one attached hydrogen (secondary N) is 1. The maximum Gasteiger partial charge on any atom is 0.232 e. The molecule has 6 heteroatoms. The molecular formula is C15H22ClN5. The third-order valence-corrected chi connectivity index (χ3v) is 3.69. The lowest BCUT2D eigenvalue weighted by Gasteiger charge is -2.24. The van der Waals surface area contributed by atoms with Crippen LogP contribution in [0.4, 0.5) is 11.9 Å². The SMILES string of the molecule is C=CCN(CC=C)c1nc(Cl)nc(NC2CCCCC2)n1. The highest BCUT2D eigenvalue weighted by Gasteiger charge is 2.16. The molecule has 2 rings (SSSR count). The third kappa shape index (κ3) is 4.70. The fraction of sp³-hybridized carbons (Fsp3) is 0.533. The number of nitrogens with zero attached hydrogens (tertiary/aromatic N) is 4. The molecule has 1 fully saturated rings. The minimum Gasteiger partial charge on any atom is -0.351 e. The summed E-state index contributed by atoms with van der Waals surface area (Å²) in [6, 6.07) is 0.428. The van der Waals surface area contributed by atoms with Gasteiger partial charge in [0.05, 0.1) is 0 Å². The smallest absolute Gasteiger partial charge is 0.232 e. The van der Waals surface area contributed by atoms with E-state index in [2.05, 4.69) is 33.4 Å². The fourth-order valence-corrected chi connectivity index (χ4v) is 2.68. The van der Waals surface area contributed by atoms with Crippen molar-refractivity contribution in [2.24, 2.45) is 0 Å². The summed E-state index contributed by atoms with van der Waals surface area (Å²) in [6.45, 7) is 8.77. The van der Waals surface area contributed by atoms with Gasteiger partial charge in [-0.25, -0.2) is 0 Å². The predicted octanol–water partition coefficient (Wildman–Crippen LogP) is 3.45. The molecule has 0 aliphatic heterocycles. The van der Waals surface area contributed by atoms with Gasteiger partial charge in [0.15, 0.2) is 0 Å². The second-order valence-electron chi connectivity index (χ2n) is 5.19. The average Bonchev–Trinajstić information content (AvgIpc) is 2.47. The molecule has 1 heterocycles. The lowest BCUT2D eigenvalue weighted by Crippen LogP contribution is -2.28. The van der Waals surface area contributed by atoms with E-state index >= 15 is 0 Å². The van der Waals surface area contributed by atoms with Crippen molar-refractivity contribution >= 4 is 23.5 Å². The summed E-state index contributed by atoms with van der Waals surface area (Å²) in [6.07, 6.45) is 9.73. The van der Waals surface area contributed by atoms with Crippen LogP contribution in [0.15, 0.2) is 25.3 Å². The summed E-state index contributed by atoms with van der Waals surface area (Å²) >= 11 is 6.03. The first-order valence-corrected chi connectivity index (χ1v) is 7.75. The molecule has 0 bridgehead atoms. The highest BCUT2D eigenvalue weighted by atomic mass is 35.5. The van der Waals surface area contributed by atoms with E-state index in [0.29, 0.717) is 31.0 Å². The van der Waals surface area contributed by atoms with Gasteiger partial charge >= 0.3 is 0 Å². The Hall–Kier alpha value is -1.62. The monoisotopic (exact) mass is 307 g/mol. The number of aromatic nitrogens is 3. The molecule has 0 unspecified atom stereocenters. The largest absolute Gasteiger partial charge is 0.351 e. The van der Waals surface area contributed by atoms with Crippen molar-refractivity contribution in [2.45, 2.75) is 38.1 Å². The molecule has 114 valence electrons. The molecule has 0 aromatic carbocycles. The summed E-state index contributed by atoms with van der Waals surface area (Å²) < 4.78 is 0. The van der Waals surface area contributed by atoms with Gasteiger partial charge in [-0.1, -0.05) is 31.4 Å². The lowest BCUT2D eigenvalue weighted by atomic mass is 9.96. The highest BCUT2D eigenvalue weighted by Crippen LogP contribution is 2.21. The second kappa shape index (κ2) is 7.98. The predicted molar refractivity (Wildman–Crippen MR) is 87.9 cm³/mol. The Labute approximate surface area is 131 Å². The van der Waals surface area contributed by atoms with Crippen molar-refractivity contribution in [3.63, 3.8) is 0 Å². The number of hydrogen-bond acceptors (Lipinski definition) is 5. The van der Waals surface area contributed by atoms with E-state index in [1.807, 2.05) is 4.90 Å². The van der Waals surface area contributed by atoms with Crippen molar-refractivity contribution in [1.82, 2.24) is 15.0 Å². The minimum absolute atomic E-state index is 0.205. The van der Waals surface area contributed by atoms with Crippen molar-refractivity contribution in [3.05, 3.63) is 30.6 Å². The van der Waals surface area contributed by atoms with Gasteiger partial charge in [-0.3, -0.25) is 0 Å². The van der Waals surface area contributed by atoms with E-state index in [1.54, 1.807) is 12.2 Å². The summed E-state index contributed by atoms with van der Waals surface area (Å²) in [5.74, 6) is 1.10. The van der Waals surface area contributed by atoms with Gasteiger partial charge in [0.1, 0.15) is 0 Å². The van der Waals surface area contributed by atoms with Crippen LogP contribution >= 0.6 is 11.6 Å². The first kappa shape index (κ1) is 15.8. The highest BCUT2D eigenvalue weighted by molar-refractivity contribution is 6.28. The molecule has 0 spiro atoms. The van der Waals surface area contributed by atoms with E-state index in [4.69, 9.17) is 11.6 Å². The molecule has 1 aliphatic rings. The fourth-order valence-electron chi connectivity index (χ4n) is 2.52. The molecule has 1 N–H and O–H groups in total. The Kier molecular flexibility index (Phi) is 5.99. The third-order valence-electron chi connectivity index (χ3n) is 3.52. The number of anilines is 2. The topological polar surface area (TPSA) is 53.9 Å². The van der Waals surface area contributed by atoms with Crippen molar-refractivity contribution in [2.75, 3.05) is 23.3 Å². The molecule has 0 amide bonds. The molecule has 5 nitrogen and oxygen atoms in total. The van der Waals surface area contributed by atoms with Crippen LogP contribution < -0.4 is 10.2 Å². The van der Waals surface area contributed by atoms with Crippen LogP contribution in [0.3, 0.4) is 0 Å². The number of halogens is 1. The quantitative estimate of drug-likeness (QED) is 0.782. The lowest BCUT2D eigenvalue weighted by molar-refractivity contribution is 0.460. The maximum absolute atomic E-state index is 6.03. The summed E-state index contributed by atoms with van der Waals surface area (Å²) in [4.78, 5) is 14.8. The Balaban J connectivity index is 2.14. The molecule has 0 radical (unpaired) electrons. The average molecular weight is 308 g/mol. The van der Waals surface area contributed by atoms with Crippen LogP contribution in [0.25, 0.3) is 0 Å². The molecule has 1 aromatic rings. The Morgan fingerprint density at radius 1 is 1.10 bits per heavy atom. The normalized spacial score (nSPS) is 15.5. The van der Waals surface area contributed by atoms with E-state index in [1.165, 1.54) is 19.3 Å². The van der Waals surface area contributed by atoms with Gasteiger partial charge in [-0.15, -0.1) is 13.2 Å². The first-order chi connectivity index (χ1) is 10.2. The standard InChI is InChI=1S/C15H22ClN5/c1-3-10-21(11-4-2)15-19-13(16)18-14(20-15)17-12-8-6-5-7-9-12/h3-4,12H,1-2,5-11H2,(H,17,18,19,20). The van der Waals surface area contributed by atoms with E-state index in [-0.39, 0.29) is 5.28 Å². The maximum atomic E-state index is 6.03. The zero-order valence-electron chi connectivity index (χ0n) is 12.3. The van der Waals surface area contributed by atoms with E-state index in [0.717, 1.165) is 12.8 Å². The molecule has 21 heavy (non-hydrogen) atoms. The van der Waals surface area contributed by atoms with Crippen LogP contribution in [0.1, 0.15) is 32.1 Å². The number of hydrogen-bond donors (Lipinski definition) is 1. The van der Waals surface area contributed by atoms with Crippen molar-refractivity contribution in [3.8, 4) is 0 Å². The summed E-state index contributed by atoms with van der Waals surface area (Å²) in [7, 11) is 0. The zero-order valence-corrected chi connectivity index (χ0v) is 13.0. The minimum atomic E-state index is 0.205. The molecule has 1 aliphatic carbocycles. The van der Waals surface area contributed by atoms with E-state index in [9.17, 15) is 0 Å².